The number of rotatable bonds is 8. The Morgan fingerprint density at radius 3 is 2.82 bits per heavy atom. The maximum atomic E-state index is 11.4. The first-order chi connectivity index (χ1) is 10.6. The largest absolute Gasteiger partial charge is 0.356 e. The molecule has 0 saturated heterocycles. The molecular weight excluding hydrogens is 276 g/mol. The van der Waals surface area contributed by atoms with E-state index in [-0.39, 0.29) is 5.91 Å². The molecule has 0 saturated carbocycles. The Labute approximate surface area is 132 Å². The number of para-hydroxylation sites is 2. The van der Waals surface area contributed by atoms with Gasteiger partial charge < -0.3 is 14.8 Å². The Hall–Kier alpha value is -1.88. The molecule has 0 aliphatic heterocycles. The van der Waals surface area contributed by atoms with Crippen LogP contribution in [0.25, 0.3) is 11.0 Å². The van der Waals surface area contributed by atoms with Gasteiger partial charge in [0.15, 0.2) is 0 Å². The Morgan fingerprint density at radius 2 is 2.09 bits per heavy atom. The van der Waals surface area contributed by atoms with E-state index in [1.54, 1.807) is 0 Å². The van der Waals surface area contributed by atoms with Crippen LogP contribution in [0.3, 0.4) is 0 Å². The summed E-state index contributed by atoms with van der Waals surface area (Å²) in [5, 5.41) is 2.93. The van der Waals surface area contributed by atoms with E-state index in [9.17, 15) is 4.79 Å². The maximum Gasteiger partial charge on any atom is 0.219 e. The fourth-order valence-corrected chi connectivity index (χ4v) is 2.55. The van der Waals surface area contributed by atoms with E-state index >= 15 is 0 Å². The van der Waals surface area contributed by atoms with Crippen LogP contribution in [0.4, 0.5) is 0 Å². The zero-order valence-corrected chi connectivity index (χ0v) is 13.8. The van der Waals surface area contributed by atoms with Crippen LogP contribution in [0.2, 0.25) is 0 Å². The van der Waals surface area contributed by atoms with E-state index < -0.39 is 0 Å². The Kier molecular flexibility index (Phi) is 5.95. The van der Waals surface area contributed by atoms with E-state index in [1.165, 1.54) is 5.52 Å². The maximum absolute atomic E-state index is 11.4. The summed E-state index contributed by atoms with van der Waals surface area (Å²) in [7, 11) is 4.18. The predicted molar refractivity (Wildman–Crippen MR) is 89.9 cm³/mol. The Balaban J connectivity index is 2.11. The van der Waals surface area contributed by atoms with Crippen molar-refractivity contribution in [3.63, 3.8) is 0 Å². The lowest BCUT2D eigenvalue weighted by Crippen LogP contribution is -2.25. The number of benzene rings is 1. The van der Waals surface area contributed by atoms with Gasteiger partial charge >= 0.3 is 0 Å². The Morgan fingerprint density at radius 1 is 1.32 bits per heavy atom. The number of hydrogen-bond donors (Lipinski definition) is 1. The molecule has 0 atom stereocenters. The van der Waals surface area contributed by atoms with Gasteiger partial charge in [0.2, 0.25) is 5.91 Å². The molecule has 0 bridgehead atoms. The number of carbonyl (C=O) groups is 1. The van der Waals surface area contributed by atoms with Crippen LogP contribution in [0.15, 0.2) is 24.3 Å². The molecule has 5 nitrogen and oxygen atoms in total. The fourth-order valence-electron chi connectivity index (χ4n) is 2.55. The molecule has 1 N–H and O–H groups in total. The highest BCUT2D eigenvalue weighted by molar-refractivity contribution is 5.76. The minimum Gasteiger partial charge on any atom is -0.356 e. The van der Waals surface area contributed by atoms with Crippen LogP contribution in [0.1, 0.15) is 25.6 Å². The monoisotopic (exact) mass is 302 g/mol. The number of nitrogens with one attached hydrogen (secondary N) is 1. The summed E-state index contributed by atoms with van der Waals surface area (Å²) in [6.45, 7) is 4.52. The number of aryl methyl sites for hydroxylation is 1. The lowest BCUT2D eigenvalue weighted by Gasteiger charge is -2.12. The molecule has 1 aromatic carbocycles. The third-order valence-corrected chi connectivity index (χ3v) is 3.71. The molecule has 2 aromatic rings. The summed E-state index contributed by atoms with van der Waals surface area (Å²) >= 11 is 0. The first kappa shape index (κ1) is 16.5. The van der Waals surface area contributed by atoms with Crippen LogP contribution in [-0.2, 0) is 17.8 Å². The Bertz CT molecular complexity index is 618. The van der Waals surface area contributed by atoms with Gasteiger partial charge in [0.05, 0.1) is 11.0 Å². The van der Waals surface area contributed by atoms with Gasteiger partial charge in [0.1, 0.15) is 5.82 Å². The molecule has 0 spiro atoms. The van der Waals surface area contributed by atoms with E-state index in [0.29, 0.717) is 13.0 Å². The molecule has 0 aliphatic carbocycles. The highest BCUT2D eigenvalue weighted by Gasteiger charge is 2.10. The number of imidazole rings is 1. The van der Waals surface area contributed by atoms with Crippen LogP contribution < -0.4 is 5.32 Å². The van der Waals surface area contributed by atoms with Crippen LogP contribution in [0.5, 0.6) is 0 Å². The van der Waals surface area contributed by atoms with Crippen LogP contribution >= 0.6 is 0 Å². The molecule has 1 heterocycles. The summed E-state index contributed by atoms with van der Waals surface area (Å²) in [4.78, 5) is 18.3. The number of aromatic nitrogens is 2. The predicted octanol–water partition coefficient (Wildman–Crippen LogP) is 2.06. The lowest BCUT2D eigenvalue weighted by molar-refractivity contribution is -0.120. The molecule has 22 heavy (non-hydrogen) atoms. The van der Waals surface area contributed by atoms with Crippen molar-refractivity contribution in [3.05, 3.63) is 30.1 Å². The molecule has 120 valence electrons. The van der Waals surface area contributed by atoms with Crippen molar-refractivity contribution in [2.75, 3.05) is 27.2 Å². The van der Waals surface area contributed by atoms with E-state index in [1.807, 2.05) is 19.1 Å². The van der Waals surface area contributed by atoms with Gasteiger partial charge in [-0.25, -0.2) is 4.98 Å². The van der Waals surface area contributed by atoms with Gasteiger partial charge in [-0.05, 0) is 39.2 Å². The number of carbonyl (C=O) groups excluding carboxylic acids is 1. The average molecular weight is 302 g/mol. The SMILES string of the molecule is CCC(=O)NCCc1nc2ccccc2n1CCCN(C)C. The molecule has 0 unspecified atom stereocenters. The summed E-state index contributed by atoms with van der Waals surface area (Å²) in [6.07, 6.45) is 2.38. The summed E-state index contributed by atoms with van der Waals surface area (Å²) < 4.78 is 2.29. The van der Waals surface area contributed by atoms with Crippen molar-refractivity contribution >= 4 is 16.9 Å². The van der Waals surface area contributed by atoms with E-state index in [2.05, 4.69) is 41.0 Å². The lowest BCUT2D eigenvalue weighted by atomic mass is 10.3. The number of hydrogen-bond acceptors (Lipinski definition) is 3. The third-order valence-electron chi connectivity index (χ3n) is 3.71. The number of nitrogens with zero attached hydrogens (tertiary/aromatic N) is 3. The quantitative estimate of drug-likeness (QED) is 0.812. The summed E-state index contributed by atoms with van der Waals surface area (Å²) in [6, 6.07) is 8.23. The van der Waals surface area contributed by atoms with Gasteiger partial charge in [0.25, 0.3) is 0 Å². The average Bonchev–Trinajstić information content (AvgIpc) is 2.85. The minimum absolute atomic E-state index is 0.0928. The molecule has 0 radical (unpaired) electrons. The van der Waals surface area contributed by atoms with Crippen molar-refractivity contribution < 1.29 is 4.79 Å². The number of fused-ring (bicyclic) bond motifs is 1. The topological polar surface area (TPSA) is 50.2 Å². The van der Waals surface area contributed by atoms with Gasteiger partial charge in [-0.3, -0.25) is 4.79 Å². The summed E-state index contributed by atoms with van der Waals surface area (Å²) in [5.41, 5.74) is 2.21. The smallest absolute Gasteiger partial charge is 0.219 e. The molecule has 5 heteroatoms. The minimum atomic E-state index is 0.0928. The standard InChI is InChI=1S/C17H26N4O/c1-4-17(22)18-11-10-16-19-14-8-5-6-9-15(14)21(16)13-7-12-20(2)3/h5-6,8-9H,4,7,10-13H2,1-3H3,(H,18,22). The summed E-state index contributed by atoms with van der Waals surface area (Å²) in [5.74, 6) is 1.15. The molecule has 1 aromatic heterocycles. The van der Waals surface area contributed by atoms with Gasteiger partial charge in [-0.15, -0.1) is 0 Å². The normalized spacial score (nSPS) is 11.3. The van der Waals surface area contributed by atoms with Crippen molar-refractivity contribution in [2.24, 2.45) is 0 Å². The molecule has 1 amide bonds. The fraction of sp³-hybridized carbons (Fsp3) is 0.529. The van der Waals surface area contributed by atoms with Crippen LogP contribution in [-0.4, -0.2) is 47.5 Å². The highest BCUT2D eigenvalue weighted by Crippen LogP contribution is 2.17. The van der Waals surface area contributed by atoms with Crippen molar-refractivity contribution in [3.8, 4) is 0 Å². The van der Waals surface area contributed by atoms with Gasteiger partial charge in [-0.1, -0.05) is 19.1 Å². The van der Waals surface area contributed by atoms with Crippen LogP contribution in [0, 0.1) is 0 Å². The van der Waals surface area contributed by atoms with E-state index in [0.717, 1.165) is 37.3 Å². The van der Waals surface area contributed by atoms with Gasteiger partial charge in [0, 0.05) is 25.9 Å². The molecule has 0 aliphatic rings. The van der Waals surface area contributed by atoms with Crippen molar-refractivity contribution in [1.82, 2.24) is 19.8 Å². The molecular formula is C17H26N4O. The first-order valence-corrected chi connectivity index (χ1v) is 7.97. The molecule has 2 rings (SSSR count). The van der Waals surface area contributed by atoms with Gasteiger partial charge in [-0.2, -0.15) is 0 Å². The molecule has 0 fully saturated rings. The highest BCUT2D eigenvalue weighted by atomic mass is 16.1. The van der Waals surface area contributed by atoms with Crippen molar-refractivity contribution in [2.45, 2.75) is 32.7 Å². The van der Waals surface area contributed by atoms with Crippen molar-refractivity contribution in [1.29, 1.82) is 0 Å². The second-order valence-corrected chi connectivity index (χ2v) is 5.78. The number of amides is 1. The third kappa shape index (κ3) is 4.31. The second kappa shape index (κ2) is 7.94. The zero-order valence-electron chi connectivity index (χ0n) is 13.8. The zero-order chi connectivity index (χ0) is 15.9. The van der Waals surface area contributed by atoms with E-state index in [4.69, 9.17) is 4.98 Å². The second-order valence-electron chi connectivity index (χ2n) is 5.78. The first-order valence-electron chi connectivity index (χ1n) is 7.97.